The van der Waals surface area contributed by atoms with E-state index in [0.29, 0.717) is 39.0 Å². The summed E-state index contributed by atoms with van der Waals surface area (Å²) in [5.74, 6) is -1.23. The maximum atomic E-state index is 12.4. The molecule has 0 aromatic carbocycles. The van der Waals surface area contributed by atoms with Gasteiger partial charge in [-0.1, -0.05) is 13.8 Å². The van der Waals surface area contributed by atoms with Crippen LogP contribution in [0.4, 0.5) is 0 Å². The quantitative estimate of drug-likeness (QED) is 0.763. The van der Waals surface area contributed by atoms with Crippen LogP contribution in [0.25, 0.3) is 0 Å². The van der Waals surface area contributed by atoms with E-state index in [0.717, 1.165) is 12.8 Å². The molecule has 0 saturated carbocycles. The molecule has 1 aliphatic rings. The van der Waals surface area contributed by atoms with Crippen LogP contribution in [-0.2, 0) is 15.0 Å². The van der Waals surface area contributed by atoms with E-state index >= 15 is 0 Å². The molecule has 0 aromatic heterocycles. The summed E-state index contributed by atoms with van der Waals surface area (Å²) < 4.78 is 27.8. The highest BCUT2D eigenvalue weighted by molar-refractivity contribution is 7.86. The van der Waals surface area contributed by atoms with E-state index in [-0.39, 0.29) is 0 Å². The van der Waals surface area contributed by atoms with E-state index in [2.05, 4.69) is 0 Å². The van der Waals surface area contributed by atoms with Crippen molar-refractivity contribution in [3.63, 3.8) is 0 Å². The molecule has 0 unspecified atom stereocenters. The predicted molar refractivity (Wildman–Crippen MR) is 73.0 cm³/mol. The van der Waals surface area contributed by atoms with Crippen molar-refractivity contribution >= 4 is 16.2 Å². The molecule has 19 heavy (non-hydrogen) atoms. The van der Waals surface area contributed by atoms with Gasteiger partial charge in [0.1, 0.15) is 0 Å². The number of hydrogen-bond acceptors (Lipinski definition) is 3. The average molecular weight is 292 g/mol. The molecule has 7 heteroatoms. The van der Waals surface area contributed by atoms with Crippen molar-refractivity contribution in [1.82, 2.24) is 8.61 Å². The summed E-state index contributed by atoms with van der Waals surface area (Å²) in [6, 6.07) is 0. The molecule has 1 saturated heterocycles. The fraction of sp³-hybridized carbons (Fsp3) is 0.917. The van der Waals surface area contributed by atoms with Crippen LogP contribution in [0.5, 0.6) is 0 Å². The molecule has 0 bridgehead atoms. The summed E-state index contributed by atoms with van der Waals surface area (Å²) in [4.78, 5) is 10.9. The van der Waals surface area contributed by atoms with Gasteiger partial charge in [-0.2, -0.15) is 17.0 Å². The number of nitrogens with zero attached hydrogens (tertiary/aromatic N) is 2. The van der Waals surface area contributed by atoms with Gasteiger partial charge in [0.15, 0.2) is 0 Å². The molecular formula is C12H24N2O4S. The van der Waals surface area contributed by atoms with Crippen LogP contribution < -0.4 is 0 Å². The Morgan fingerprint density at radius 1 is 1.21 bits per heavy atom. The van der Waals surface area contributed by atoms with Crippen molar-refractivity contribution < 1.29 is 18.3 Å². The zero-order chi connectivity index (χ0) is 14.5. The maximum Gasteiger partial charge on any atom is 0.306 e. The van der Waals surface area contributed by atoms with Crippen molar-refractivity contribution in [2.75, 3.05) is 26.2 Å². The third-order valence-corrected chi connectivity index (χ3v) is 5.44. The first-order valence-electron chi connectivity index (χ1n) is 6.91. The number of carbonyl (C=O) groups is 1. The second-order valence-corrected chi connectivity index (χ2v) is 6.85. The minimum atomic E-state index is -3.42. The molecule has 1 N–H and O–H groups in total. The van der Waals surface area contributed by atoms with Crippen LogP contribution in [-0.4, -0.2) is 54.3 Å². The van der Waals surface area contributed by atoms with E-state index in [4.69, 9.17) is 5.11 Å². The minimum Gasteiger partial charge on any atom is -0.481 e. The molecular weight excluding hydrogens is 268 g/mol. The molecule has 1 aliphatic heterocycles. The summed E-state index contributed by atoms with van der Waals surface area (Å²) in [5.41, 5.74) is 0. The highest BCUT2D eigenvalue weighted by Gasteiger charge is 2.33. The van der Waals surface area contributed by atoms with Crippen LogP contribution >= 0.6 is 0 Å². The lowest BCUT2D eigenvalue weighted by Gasteiger charge is -2.33. The fourth-order valence-corrected chi connectivity index (χ4v) is 4.16. The third kappa shape index (κ3) is 4.15. The number of carboxylic acid groups (broad SMARTS) is 1. The minimum absolute atomic E-state index is 0.309. The Morgan fingerprint density at radius 2 is 1.68 bits per heavy atom. The zero-order valence-corrected chi connectivity index (χ0v) is 12.5. The van der Waals surface area contributed by atoms with Gasteiger partial charge in [-0.25, -0.2) is 0 Å². The van der Waals surface area contributed by atoms with Crippen LogP contribution in [0.1, 0.15) is 39.5 Å². The summed E-state index contributed by atoms with van der Waals surface area (Å²) in [6.07, 6.45) is 2.37. The number of rotatable bonds is 7. The summed E-state index contributed by atoms with van der Waals surface area (Å²) in [5, 5.41) is 8.93. The summed E-state index contributed by atoms with van der Waals surface area (Å²) >= 11 is 0. The standard InChI is InChI=1S/C12H24N2O4S/c1-3-7-13(8-4-2)19(17,18)14-9-5-11(6-10-14)12(15)16/h11H,3-10H2,1-2H3,(H,15,16). The van der Waals surface area contributed by atoms with Crippen LogP contribution in [0.15, 0.2) is 0 Å². The van der Waals surface area contributed by atoms with Gasteiger partial charge in [-0.3, -0.25) is 4.79 Å². The fourth-order valence-electron chi connectivity index (χ4n) is 2.34. The molecule has 1 fully saturated rings. The van der Waals surface area contributed by atoms with Gasteiger partial charge in [-0.05, 0) is 25.7 Å². The predicted octanol–water partition coefficient (Wildman–Crippen LogP) is 1.15. The van der Waals surface area contributed by atoms with Gasteiger partial charge in [-0.15, -0.1) is 0 Å². The molecule has 0 aromatic rings. The Bertz CT molecular complexity index is 383. The van der Waals surface area contributed by atoms with Gasteiger partial charge in [0.25, 0.3) is 10.2 Å². The lowest BCUT2D eigenvalue weighted by atomic mass is 9.99. The number of carboxylic acids is 1. The van der Waals surface area contributed by atoms with Crippen molar-refractivity contribution in [2.24, 2.45) is 5.92 Å². The van der Waals surface area contributed by atoms with Crippen LogP contribution in [0.3, 0.4) is 0 Å². The van der Waals surface area contributed by atoms with Gasteiger partial charge in [0, 0.05) is 26.2 Å². The van der Waals surface area contributed by atoms with E-state index in [9.17, 15) is 13.2 Å². The third-order valence-electron chi connectivity index (χ3n) is 3.40. The van der Waals surface area contributed by atoms with Crippen LogP contribution in [0.2, 0.25) is 0 Å². The Kier molecular flexibility index (Phi) is 6.22. The lowest BCUT2D eigenvalue weighted by molar-refractivity contribution is -0.142. The average Bonchev–Trinajstić information content (AvgIpc) is 2.38. The second-order valence-electron chi connectivity index (χ2n) is 4.92. The molecule has 1 rings (SSSR count). The Labute approximate surface area is 115 Å². The van der Waals surface area contributed by atoms with Crippen molar-refractivity contribution in [3.05, 3.63) is 0 Å². The first-order chi connectivity index (χ1) is 8.93. The zero-order valence-electron chi connectivity index (χ0n) is 11.7. The topological polar surface area (TPSA) is 77.9 Å². The van der Waals surface area contributed by atoms with Gasteiger partial charge in [0.05, 0.1) is 5.92 Å². The molecule has 112 valence electrons. The van der Waals surface area contributed by atoms with Gasteiger partial charge >= 0.3 is 5.97 Å². The maximum absolute atomic E-state index is 12.4. The first-order valence-corrected chi connectivity index (χ1v) is 8.31. The Morgan fingerprint density at radius 3 is 2.05 bits per heavy atom. The normalized spacial score (nSPS) is 18.9. The number of piperidine rings is 1. The molecule has 6 nitrogen and oxygen atoms in total. The van der Waals surface area contributed by atoms with E-state index < -0.39 is 22.1 Å². The monoisotopic (exact) mass is 292 g/mol. The molecule has 0 atom stereocenters. The van der Waals surface area contributed by atoms with Crippen molar-refractivity contribution in [1.29, 1.82) is 0 Å². The second kappa shape index (κ2) is 7.21. The van der Waals surface area contributed by atoms with E-state index in [1.54, 1.807) is 0 Å². The molecule has 0 radical (unpaired) electrons. The molecule has 0 amide bonds. The Hall–Kier alpha value is -0.660. The molecule has 0 aliphatic carbocycles. The summed E-state index contributed by atoms with van der Waals surface area (Å²) in [7, 11) is -3.42. The number of aliphatic carboxylic acids is 1. The summed E-state index contributed by atoms with van der Waals surface area (Å²) in [6.45, 7) is 5.57. The van der Waals surface area contributed by atoms with Gasteiger partial charge in [0.2, 0.25) is 0 Å². The number of hydrogen-bond donors (Lipinski definition) is 1. The molecule has 1 heterocycles. The van der Waals surface area contributed by atoms with Gasteiger partial charge < -0.3 is 5.11 Å². The molecule has 0 spiro atoms. The highest BCUT2D eigenvalue weighted by Crippen LogP contribution is 2.21. The highest BCUT2D eigenvalue weighted by atomic mass is 32.2. The van der Waals surface area contributed by atoms with E-state index in [1.165, 1.54) is 8.61 Å². The lowest BCUT2D eigenvalue weighted by Crippen LogP contribution is -2.48. The smallest absolute Gasteiger partial charge is 0.306 e. The van der Waals surface area contributed by atoms with E-state index in [1.807, 2.05) is 13.8 Å². The Balaban J connectivity index is 2.70. The first kappa shape index (κ1) is 16.4. The van der Waals surface area contributed by atoms with Crippen molar-refractivity contribution in [2.45, 2.75) is 39.5 Å². The van der Waals surface area contributed by atoms with Crippen LogP contribution in [0, 0.1) is 5.92 Å². The van der Waals surface area contributed by atoms with Crippen molar-refractivity contribution in [3.8, 4) is 0 Å². The largest absolute Gasteiger partial charge is 0.481 e. The SMILES string of the molecule is CCCN(CCC)S(=O)(=O)N1CCC(C(=O)O)CC1.